The van der Waals surface area contributed by atoms with Crippen molar-refractivity contribution in [3.63, 3.8) is 0 Å². The maximum absolute atomic E-state index is 14.1. The quantitative estimate of drug-likeness (QED) is 0.506. The summed E-state index contributed by atoms with van der Waals surface area (Å²) in [7, 11) is 0. The van der Waals surface area contributed by atoms with Crippen molar-refractivity contribution in [3.8, 4) is 0 Å². The van der Waals surface area contributed by atoms with Crippen LogP contribution in [0.3, 0.4) is 0 Å². The van der Waals surface area contributed by atoms with Crippen LogP contribution in [0.4, 0.5) is 5.69 Å². The number of carbonyl (C=O) groups excluding carboxylic acids is 2. The summed E-state index contributed by atoms with van der Waals surface area (Å²) in [5.74, 6) is -0.389. The van der Waals surface area contributed by atoms with Crippen LogP contribution in [0.1, 0.15) is 78.7 Å². The fourth-order valence-electron chi connectivity index (χ4n) is 4.62. The Hall–Kier alpha value is -3.41. The van der Waals surface area contributed by atoms with Crippen molar-refractivity contribution in [2.45, 2.75) is 71.5 Å². The molecule has 178 valence electrons. The molecule has 1 N–H and O–H groups in total. The van der Waals surface area contributed by atoms with Crippen molar-refractivity contribution >= 4 is 17.5 Å². The number of benzene rings is 2. The molecule has 1 saturated carbocycles. The van der Waals surface area contributed by atoms with E-state index in [1.807, 2.05) is 76.2 Å². The molecule has 2 amide bonds. The smallest absolute Gasteiger partial charge is 0.262 e. The monoisotopic (exact) mass is 458 g/mol. The standard InChI is InChI=1S/C28H34N4O2/c1-19(2)31-18-23(17-29-31)28(34)32(25-16-20(3)14-15-21(25)4)26(22-10-6-5-7-11-22)27(33)30-24-12-8-9-13-24/h5-7,10-11,14-19,24,26H,8-9,12-13H2,1-4H3,(H,30,33). The van der Waals surface area contributed by atoms with E-state index in [1.165, 1.54) is 0 Å². The van der Waals surface area contributed by atoms with Crippen LogP contribution in [-0.4, -0.2) is 27.6 Å². The van der Waals surface area contributed by atoms with E-state index in [1.54, 1.807) is 22.0 Å². The minimum atomic E-state index is -0.794. The molecular formula is C28H34N4O2. The van der Waals surface area contributed by atoms with E-state index in [0.717, 1.165) is 48.1 Å². The second kappa shape index (κ2) is 10.2. The third-order valence-electron chi connectivity index (χ3n) is 6.54. The van der Waals surface area contributed by atoms with Crippen LogP contribution < -0.4 is 10.2 Å². The van der Waals surface area contributed by atoms with E-state index < -0.39 is 6.04 Å². The van der Waals surface area contributed by atoms with Crippen LogP contribution in [0.15, 0.2) is 60.9 Å². The molecule has 3 aromatic rings. The molecule has 34 heavy (non-hydrogen) atoms. The molecular weight excluding hydrogens is 424 g/mol. The summed E-state index contributed by atoms with van der Waals surface area (Å²) in [5, 5.41) is 7.62. The minimum Gasteiger partial charge on any atom is -0.351 e. The lowest BCUT2D eigenvalue weighted by Gasteiger charge is -2.33. The molecule has 0 bridgehead atoms. The molecule has 0 aliphatic heterocycles. The van der Waals surface area contributed by atoms with E-state index in [4.69, 9.17) is 0 Å². The number of amides is 2. The van der Waals surface area contributed by atoms with Gasteiger partial charge in [0.2, 0.25) is 5.91 Å². The zero-order valence-corrected chi connectivity index (χ0v) is 20.5. The predicted octanol–water partition coefficient (Wildman–Crippen LogP) is 5.53. The molecule has 1 aliphatic carbocycles. The Morgan fingerprint density at radius 3 is 2.41 bits per heavy atom. The minimum absolute atomic E-state index is 0.131. The van der Waals surface area contributed by atoms with Crippen LogP contribution in [0.5, 0.6) is 0 Å². The van der Waals surface area contributed by atoms with E-state index >= 15 is 0 Å². The largest absolute Gasteiger partial charge is 0.351 e. The summed E-state index contributed by atoms with van der Waals surface area (Å²) in [6, 6.07) is 15.1. The highest BCUT2D eigenvalue weighted by Gasteiger charge is 2.36. The molecule has 1 unspecified atom stereocenters. The van der Waals surface area contributed by atoms with Gasteiger partial charge in [0, 0.05) is 24.0 Å². The number of carbonyl (C=O) groups is 2. The van der Waals surface area contributed by atoms with Gasteiger partial charge in [-0.05, 0) is 63.3 Å². The van der Waals surface area contributed by atoms with Gasteiger partial charge in [-0.25, -0.2) is 0 Å². The van der Waals surface area contributed by atoms with E-state index in [2.05, 4.69) is 10.4 Å². The van der Waals surface area contributed by atoms with Crippen LogP contribution in [0.25, 0.3) is 0 Å². The molecule has 1 fully saturated rings. The van der Waals surface area contributed by atoms with Gasteiger partial charge in [0.15, 0.2) is 0 Å². The van der Waals surface area contributed by atoms with Gasteiger partial charge < -0.3 is 5.32 Å². The summed E-state index contributed by atoms with van der Waals surface area (Å²) >= 11 is 0. The zero-order chi connectivity index (χ0) is 24.2. The van der Waals surface area contributed by atoms with Crippen LogP contribution in [0.2, 0.25) is 0 Å². The topological polar surface area (TPSA) is 67.2 Å². The van der Waals surface area contributed by atoms with Gasteiger partial charge in [-0.3, -0.25) is 19.2 Å². The number of hydrogen-bond acceptors (Lipinski definition) is 3. The lowest BCUT2D eigenvalue weighted by molar-refractivity contribution is -0.123. The van der Waals surface area contributed by atoms with E-state index in [-0.39, 0.29) is 23.9 Å². The lowest BCUT2D eigenvalue weighted by atomic mass is 9.99. The first kappa shape index (κ1) is 23.7. The highest BCUT2D eigenvalue weighted by molar-refractivity contribution is 6.10. The lowest BCUT2D eigenvalue weighted by Crippen LogP contribution is -2.46. The van der Waals surface area contributed by atoms with Crippen LogP contribution >= 0.6 is 0 Å². The Kier molecular flexibility index (Phi) is 7.15. The first-order valence-corrected chi connectivity index (χ1v) is 12.2. The molecule has 1 heterocycles. The molecule has 2 aromatic carbocycles. The Morgan fingerprint density at radius 1 is 1.06 bits per heavy atom. The summed E-state index contributed by atoms with van der Waals surface area (Å²) in [6.07, 6.45) is 7.56. The van der Waals surface area contributed by atoms with Crippen molar-refractivity contribution in [1.82, 2.24) is 15.1 Å². The Balaban J connectivity index is 1.84. The van der Waals surface area contributed by atoms with Crippen molar-refractivity contribution in [1.29, 1.82) is 0 Å². The Labute approximate surface area is 202 Å². The Bertz CT molecular complexity index is 1150. The molecule has 4 rings (SSSR count). The van der Waals surface area contributed by atoms with Gasteiger partial charge in [-0.1, -0.05) is 55.3 Å². The van der Waals surface area contributed by atoms with Gasteiger partial charge in [-0.2, -0.15) is 5.10 Å². The maximum atomic E-state index is 14.1. The van der Waals surface area contributed by atoms with Crippen molar-refractivity contribution in [2.75, 3.05) is 4.90 Å². The van der Waals surface area contributed by atoms with E-state index in [0.29, 0.717) is 5.56 Å². The average Bonchev–Trinajstić information content (AvgIpc) is 3.52. The molecule has 1 atom stereocenters. The number of nitrogens with one attached hydrogen (secondary N) is 1. The van der Waals surface area contributed by atoms with Gasteiger partial charge in [0.25, 0.3) is 5.91 Å². The second-order valence-corrected chi connectivity index (χ2v) is 9.57. The van der Waals surface area contributed by atoms with E-state index in [9.17, 15) is 9.59 Å². The summed E-state index contributed by atoms with van der Waals surface area (Å²) < 4.78 is 1.77. The first-order chi connectivity index (χ1) is 16.3. The van der Waals surface area contributed by atoms with Gasteiger partial charge in [-0.15, -0.1) is 0 Å². The van der Waals surface area contributed by atoms with Gasteiger partial charge >= 0.3 is 0 Å². The first-order valence-electron chi connectivity index (χ1n) is 12.2. The third kappa shape index (κ3) is 5.06. The fraction of sp³-hybridized carbons (Fsp3) is 0.393. The zero-order valence-electron chi connectivity index (χ0n) is 20.5. The predicted molar refractivity (Wildman–Crippen MR) is 135 cm³/mol. The Morgan fingerprint density at radius 2 is 1.76 bits per heavy atom. The van der Waals surface area contributed by atoms with Gasteiger partial charge in [0.05, 0.1) is 11.8 Å². The molecule has 1 aromatic heterocycles. The maximum Gasteiger partial charge on any atom is 0.262 e. The number of rotatable bonds is 7. The number of nitrogens with zero attached hydrogens (tertiary/aromatic N) is 3. The van der Waals surface area contributed by atoms with Crippen molar-refractivity contribution < 1.29 is 9.59 Å². The number of aromatic nitrogens is 2. The van der Waals surface area contributed by atoms with Crippen molar-refractivity contribution in [3.05, 3.63) is 83.2 Å². The van der Waals surface area contributed by atoms with Gasteiger partial charge in [0.1, 0.15) is 6.04 Å². The SMILES string of the molecule is Cc1ccc(C)c(N(C(=O)c2cnn(C(C)C)c2)C(C(=O)NC2CCCC2)c2ccccc2)c1. The second-order valence-electron chi connectivity index (χ2n) is 9.57. The fourth-order valence-corrected chi connectivity index (χ4v) is 4.62. The summed E-state index contributed by atoms with van der Waals surface area (Å²) in [6.45, 7) is 8.01. The molecule has 6 nitrogen and oxygen atoms in total. The number of anilines is 1. The molecule has 0 saturated heterocycles. The van der Waals surface area contributed by atoms with Crippen molar-refractivity contribution in [2.24, 2.45) is 0 Å². The summed E-state index contributed by atoms with van der Waals surface area (Å²) in [5.41, 5.74) is 3.94. The van der Waals surface area contributed by atoms with Crippen LogP contribution in [0, 0.1) is 13.8 Å². The normalized spacial score (nSPS) is 14.9. The average molecular weight is 459 g/mol. The molecule has 0 spiro atoms. The summed E-state index contributed by atoms with van der Waals surface area (Å²) in [4.78, 5) is 29.6. The number of aryl methyl sites for hydroxylation is 2. The number of hydrogen-bond donors (Lipinski definition) is 1. The molecule has 1 aliphatic rings. The molecule has 0 radical (unpaired) electrons. The highest BCUT2D eigenvalue weighted by Crippen LogP contribution is 2.33. The van der Waals surface area contributed by atoms with Crippen LogP contribution in [-0.2, 0) is 4.79 Å². The molecule has 6 heteroatoms. The highest BCUT2D eigenvalue weighted by atomic mass is 16.2. The third-order valence-corrected chi connectivity index (χ3v) is 6.54.